The first-order valence-electron chi connectivity index (χ1n) is 17.0. The monoisotopic (exact) mass is 636 g/mol. The van der Waals surface area contributed by atoms with Gasteiger partial charge in [0.25, 0.3) is 0 Å². The highest BCUT2D eigenvalue weighted by molar-refractivity contribution is 6.29. The average molecular weight is 637 g/mol. The predicted molar refractivity (Wildman–Crippen MR) is 209 cm³/mol. The Bertz CT molecular complexity index is 3110. The summed E-state index contributed by atoms with van der Waals surface area (Å²) in [6.07, 6.45) is 2.00. The molecule has 0 fully saturated rings. The number of aromatic nitrogens is 4. The van der Waals surface area contributed by atoms with Crippen molar-refractivity contribution in [3.05, 3.63) is 170 Å². The van der Waals surface area contributed by atoms with Crippen LogP contribution in [0.4, 0.5) is 0 Å². The molecule has 0 atom stereocenters. The molecule has 0 spiro atoms. The molecule has 0 bridgehead atoms. The number of hydrogen-bond acceptors (Lipinski definition) is 2. The third-order valence-electron chi connectivity index (χ3n) is 10.3. The molecule has 50 heavy (non-hydrogen) atoms. The van der Waals surface area contributed by atoms with Crippen molar-refractivity contribution in [1.29, 1.82) is 0 Å². The second kappa shape index (κ2) is 10.4. The molecule has 0 N–H and O–H groups in total. The van der Waals surface area contributed by atoms with Crippen LogP contribution in [0.3, 0.4) is 0 Å². The Balaban J connectivity index is 1.17. The molecule has 0 saturated heterocycles. The summed E-state index contributed by atoms with van der Waals surface area (Å²) in [7, 11) is 0. The van der Waals surface area contributed by atoms with Gasteiger partial charge in [0.1, 0.15) is 0 Å². The van der Waals surface area contributed by atoms with E-state index in [2.05, 4.69) is 173 Å². The molecule has 0 aliphatic heterocycles. The van der Waals surface area contributed by atoms with Crippen molar-refractivity contribution >= 4 is 76.1 Å². The quantitative estimate of drug-likeness (QED) is 0.181. The van der Waals surface area contributed by atoms with Gasteiger partial charge in [-0.2, -0.15) is 0 Å². The van der Waals surface area contributed by atoms with E-state index in [0.29, 0.717) is 5.82 Å². The molecule has 8 aromatic carbocycles. The fraction of sp³-hybridized carbons (Fsp3) is 0. The van der Waals surface area contributed by atoms with Crippen LogP contribution in [0.1, 0.15) is 0 Å². The Morgan fingerprint density at radius 3 is 1.52 bits per heavy atom. The fourth-order valence-electron chi connectivity index (χ4n) is 8.24. The Labute approximate surface area is 287 Å². The van der Waals surface area contributed by atoms with Crippen molar-refractivity contribution in [3.63, 3.8) is 0 Å². The summed E-state index contributed by atoms with van der Waals surface area (Å²) in [5, 5.41) is 10.8. The van der Waals surface area contributed by atoms with Gasteiger partial charge in [0.05, 0.1) is 27.6 Å². The molecule has 4 heteroatoms. The maximum absolute atomic E-state index is 5.25. The van der Waals surface area contributed by atoms with E-state index in [-0.39, 0.29) is 0 Å². The molecule has 4 nitrogen and oxygen atoms in total. The molecule has 0 saturated carbocycles. The lowest BCUT2D eigenvalue weighted by Gasteiger charge is -2.12. The lowest BCUT2D eigenvalue weighted by Crippen LogP contribution is -1.97. The topological polar surface area (TPSA) is 35.6 Å². The second-order valence-electron chi connectivity index (χ2n) is 13.0. The van der Waals surface area contributed by atoms with Crippen LogP contribution < -0.4 is 0 Å². The number of fused-ring (bicyclic) bond motifs is 13. The van der Waals surface area contributed by atoms with Gasteiger partial charge in [0.2, 0.25) is 0 Å². The molecule has 3 heterocycles. The van der Waals surface area contributed by atoms with Gasteiger partial charge in [-0.1, -0.05) is 115 Å². The molecule has 0 unspecified atom stereocenters. The molecular formula is C46H28N4. The van der Waals surface area contributed by atoms with Crippen LogP contribution in [0.15, 0.2) is 170 Å². The smallest absolute Gasteiger partial charge is 0.159 e. The van der Waals surface area contributed by atoms with E-state index in [9.17, 15) is 0 Å². The van der Waals surface area contributed by atoms with Crippen LogP contribution in [0.2, 0.25) is 0 Å². The summed E-state index contributed by atoms with van der Waals surface area (Å²) >= 11 is 0. The van der Waals surface area contributed by atoms with Crippen LogP contribution in [0.5, 0.6) is 0 Å². The van der Waals surface area contributed by atoms with Crippen LogP contribution in [0, 0.1) is 0 Å². The van der Waals surface area contributed by atoms with Gasteiger partial charge in [-0.25, -0.2) is 9.97 Å². The van der Waals surface area contributed by atoms with Crippen molar-refractivity contribution in [2.45, 2.75) is 0 Å². The normalized spacial score (nSPS) is 12.0. The van der Waals surface area contributed by atoms with Gasteiger partial charge in [-0.15, -0.1) is 0 Å². The number of hydrogen-bond donors (Lipinski definition) is 0. The summed E-state index contributed by atoms with van der Waals surface area (Å²) in [5.74, 6) is 0.717. The Morgan fingerprint density at radius 1 is 0.360 bits per heavy atom. The second-order valence-corrected chi connectivity index (χ2v) is 13.0. The molecule has 0 aliphatic carbocycles. The van der Waals surface area contributed by atoms with E-state index < -0.39 is 0 Å². The Hall–Kier alpha value is -6.78. The Kier molecular flexibility index (Phi) is 5.63. The number of nitrogens with zero attached hydrogens (tertiary/aromatic N) is 4. The number of rotatable bonds is 3. The first-order chi connectivity index (χ1) is 24.8. The first-order valence-corrected chi connectivity index (χ1v) is 17.0. The molecule has 0 radical (unpaired) electrons. The first kappa shape index (κ1) is 27.2. The van der Waals surface area contributed by atoms with E-state index in [1.165, 1.54) is 59.8 Å². The highest BCUT2D eigenvalue weighted by atomic mass is 15.0. The lowest BCUT2D eigenvalue weighted by molar-refractivity contribution is 1.17. The van der Waals surface area contributed by atoms with Crippen LogP contribution in [0.25, 0.3) is 98.8 Å². The largest absolute Gasteiger partial charge is 0.309 e. The molecule has 11 aromatic rings. The van der Waals surface area contributed by atoms with E-state index in [0.717, 1.165) is 33.2 Å². The van der Waals surface area contributed by atoms with Gasteiger partial charge in [-0.05, 0) is 64.7 Å². The third kappa shape index (κ3) is 3.76. The van der Waals surface area contributed by atoms with Gasteiger partial charge in [0, 0.05) is 55.5 Å². The average Bonchev–Trinajstić information content (AvgIpc) is 3.71. The minimum atomic E-state index is 0.717. The summed E-state index contributed by atoms with van der Waals surface area (Å²) in [6, 6.07) is 58.5. The number of para-hydroxylation sites is 3. The van der Waals surface area contributed by atoms with Crippen molar-refractivity contribution in [2.75, 3.05) is 0 Å². The zero-order chi connectivity index (χ0) is 32.8. The maximum atomic E-state index is 5.25. The van der Waals surface area contributed by atoms with Crippen molar-refractivity contribution in [2.24, 2.45) is 0 Å². The van der Waals surface area contributed by atoms with Crippen LogP contribution in [-0.2, 0) is 0 Å². The van der Waals surface area contributed by atoms with Gasteiger partial charge < -0.3 is 9.13 Å². The van der Waals surface area contributed by atoms with Gasteiger partial charge >= 0.3 is 0 Å². The highest BCUT2D eigenvalue weighted by Crippen LogP contribution is 2.42. The van der Waals surface area contributed by atoms with Crippen LogP contribution in [-0.4, -0.2) is 19.1 Å². The van der Waals surface area contributed by atoms with E-state index in [1.807, 2.05) is 6.20 Å². The lowest BCUT2D eigenvalue weighted by atomic mass is 9.98. The summed E-state index contributed by atoms with van der Waals surface area (Å²) < 4.78 is 4.78. The summed E-state index contributed by atoms with van der Waals surface area (Å²) in [6.45, 7) is 0. The highest BCUT2D eigenvalue weighted by Gasteiger charge is 2.21. The van der Waals surface area contributed by atoms with E-state index in [4.69, 9.17) is 9.97 Å². The summed E-state index contributed by atoms with van der Waals surface area (Å²) in [4.78, 5) is 10.2. The molecule has 0 aliphatic rings. The molecule has 11 rings (SSSR count). The van der Waals surface area contributed by atoms with Crippen molar-refractivity contribution < 1.29 is 0 Å². The summed E-state index contributed by atoms with van der Waals surface area (Å²) in [5.41, 5.74) is 8.93. The van der Waals surface area contributed by atoms with E-state index >= 15 is 0 Å². The van der Waals surface area contributed by atoms with Crippen LogP contribution >= 0.6 is 0 Å². The maximum Gasteiger partial charge on any atom is 0.159 e. The van der Waals surface area contributed by atoms with Crippen molar-refractivity contribution in [3.8, 4) is 22.8 Å². The SMILES string of the molecule is c1ccc(-n2c3ccccc3c3c4c5ccccc5n(-c5cccc(-c6ncc7c8ccccc8c8ccccc8c7n6)c5)c4ccc32)cc1. The minimum Gasteiger partial charge on any atom is -0.309 e. The zero-order valence-electron chi connectivity index (χ0n) is 27.0. The molecule has 0 amide bonds. The van der Waals surface area contributed by atoms with Crippen molar-refractivity contribution in [1.82, 2.24) is 19.1 Å². The molecule has 232 valence electrons. The molecule has 3 aromatic heterocycles. The third-order valence-corrected chi connectivity index (χ3v) is 10.3. The molecular weight excluding hydrogens is 609 g/mol. The van der Waals surface area contributed by atoms with E-state index in [1.54, 1.807) is 0 Å². The number of benzene rings is 8. The standard InChI is InChI=1S/C46H28N4/c1-2-14-30(15-3-1)49-39-23-10-8-21-36(39)43-41(49)25-26-42-44(43)37-22-9-11-24-40(37)50(42)31-16-12-13-29(27-31)46-47-28-38-34-19-5-4-17-32(34)33-18-6-7-20-35(33)45(38)48-46/h1-28H. The predicted octanol–water partition coefficient (Wildman–Crippen LogP) is 11.8. The zero-order valence-corrected chi connectivity index (χ0v) is 27.0. The Morgan fingerprint density at radius 2 is 0.860 bits per heavy atom. The van der Waals surface area contributed by atoms with Gasteiger partial charge in [-0.3, -0.25) is 0 Å². The van der Waals surface area contributed by atoms with Gasteiger partial charge in [0.15, 0.2) is 5.82 Å². The fourth-order valence-corrected chi connectivity index (χ4v) is 8.24. The minimum absolute atomic E-state index is 0.717.